The molecule has 5 heteroatoms. The van der Waals surface area contributed by atoms with Crippen LogP contribution in [-0.4, -0.2) is 20.1 Å². The van der Waals surface area contributed by atoms with Crippen molar-refractivity contribution in [3.63, 3.8) is 0 Å². The maximum Gasteiger partial charge on any atom is 0.238 e. The molecule has 1 saturated carbocycles. The summed E-state index contributed by atoms with van der Waals surface area (Å²) < 4.78 is 25.0. The molecule has 1 rings (SSSR count). The van der Waals surface area contributed by atoms with Crippen molar-refractivity contribution >= 4 is 15.9 Å². The summed E-state index contributed by atoms with van der Waals surface area (Å²) in [6.45, 7) is 7.57. The molecule has 2 atom stereocenters. The number of sulfonamides is 1. The van der Waals surface area contributed by atoms with E-state index in [2.05, 4.69) is 25.1 Å². The number of hydrogen-bond donors (Lipinski definition) is 1. The van der Waals surface area contributed by atoms with Gasteiger partial charge >= 0.3 is 0 Å². The molecule has 0 aromatic rings. The summed E-state index contributed by atoms with van der Waals surface area (Å²) in [6, 6.07) is 0. The molecule has 0 aromatic carbocycles. The van der Waals surface area contributed by atoms with Crippen LogP contribution in [0.4, 0.5) is 0 Å². The van der Waals surface area contributed by atoms with E-state index in [-0.39, 0.29) is 17.6 Å². The first-order valence-corrected chi connectivity index (χ1v) is 7.64. The highest BCUT2D eigenvalue weighted by atomic mass is 32.2. The van der Waals surface area contributed by atoms with Crippen LogP contribution in [0.3, 0.4) is 0 Å². The molecule has 1 amide bonds. The Hall–Kier alpha value is -0.840. The zero-order chi connectivity index (χ0) is 13.1. The van der Waals surface area contributed by atoms with Crippen molar-refractivity contribution in [3.05, 3.63) is 12.7 Å². The fourth-order valence-corrected chi connectivity index (χ4v) is 3.46. The van der Waals surface area contributed by atoms with Crippen LogP contribution in [-0.2, 0) is 14.8 Å². The second-order valence-electron chi connectivity index (χ2n) is 5.15. The molecular formula is C12H21NO3S. The molecule has 1 aliphatic rings. The van der Waals surface area contributed by atoms with Gasteiger partial charge in [-0.05, 0) is 31.1 Å². The topological polar surface area (TPSA) is 63.2 Å². The van der Waals surface area contributed by atoms with Crippen molar-refractivity contribution in [3.8, 4) is 0 Å². The molecule has 4 nitrogen and oxygen atoms in total. The van der Waals surface area contributed by atoms with Crippen LogP contribution < -0.4 is 4.72 Å². The lowest BCUT2D eigenvalue weighted by Crippen LogP contribution is -2.39. The highest BCUT2D eigenvalue weighted by Gasteiger charge is 2.30. The second-order valence-corrected chi connectivity index (χ2v) is 6.92. The van der Waals surface area contributed by atoms with E-state index in [1.165, 1.54) is 6.08 Å². The van der Waals surface area contributed by atoms with E-state index in [4.69, 9.17) is 0 Å². The third-order valence-electron chi connectivity index (χ3n) is 3.14. The monoisotopic (exact) mass is 259 g/mol. The van der Waals surface area contributed by atoms with Gasteiger partial charge in [0.2, 0.25) is 15.9 Å². The fourth-order valence-electron chi connectivity index (χ4n) is 2.59. The Morgan fingerprint density at radius 3 is 2.29 bits per heavy atom. The zero-order valence-electron chi connectivity index (χ0n) is 10.5. The van der Waals surface area contributed by atoms with Crippen LogP contribution in [0.1, 0.15) is 33.1 Å². The normalized spacial score (nSPS) is 29.6. The van der Waals surface area contributed by atoms with Crippen molar-refractivity contribution < 1.29 is 13.2 Å². The first kappa shape index (κ1) is 14.2. The van der Waals surface area contributed by atoms with Crippen LogP contribution in [0.5, 0.6) is 0 Å². The molecule has 1 aliphatic carbocycles. The lowest BCUT2D eigenvalue weighted by atomic mass is 9.76. The summed E-state index contributed by atoms with van der Waals surface area (Å²) in [5.74, 6) is 0.225. The van der Waals surface area contributed by atoms with E-state index in [1.54, 1.807) is 0 Å². The first-order valence-electron chi connectivity index (χ1n) is 5.99. The molecule has 0 unspecified atom stereocenters. The van der Waals surface area contributed by atoms with Gasteiger partial charge in [0.1, 0.15) is 0 Å². The summed E-state index contributed by atoms with van der Waals surface area (Å²) in [5, 5.41) is 0. The molecule has 1 N–H and O–H groups in total. The highest BCUT2D eigenvalue weighted by molar-refractivity contribution is 7.90. The fraction of sp³-hybridized carbons (Fsp3) is 0.750. The largest absolute Gasteiger partial charge is 0.274 e. The van der Waals surface area contributed by atoms with Crippen LogP contribution in [0.2, 0.25) is 0 Å². The molecule has 17 heavy (non-hydrogen) atoms. The van der Waals surface area contributed by atoms with Crippen molar-refractivity contribution in [1.29, 1.82) is 0 Å². The summed E-state index contributed by atoms with van der Waals surface area (Å²) >= 11 is 0. The molecule has 0 aliphatic heterocycles. The molecule has 0 heterocycles. The minimum atomic E-state index is -3.53. The molecule has 98 valence electrons. The predicted octanol–water partition coefficient (Wildman–Crippen LogP) is 1.69. The van der Waals surface area contributed by atoms with Gasteiger partial charge < -0.3 is 0 Å². The van der Waals surface area contributed by atoms with Crippen LogP contribution in [0.25, 0.3) is 0 Å². The number of carbonyl (C=O) groups excluding carboxylic acids is 1. The maximum atomic E-state index is 11.9. The van der Waals surface area contributed by atoms with Crippen molar-refractivity contribution in [2.24, 2.45) is 17.8 Å². The second kappa shape index (κ2) is 5.67. The molecule has 0 saturated heterocycles. The van der Waals surface area contributed by atoms with Crippen molar-refractivity contribution in [2.45, 2.75) is 33.1 Å². The summed E-state index contributed by atoms with van der Waals surface area (Å²) in [5.41, 5.74) is 0. The molecule has 0 spiro atoms. The quantitative estimate of drug-likeness (QED) is 0.781. The Bertz CT molecular complexity index is 379. The van der Waals surface area contributed by atoms with Gasteiger partial charge in [-0.3, -0.25) is 9.52 Å². The van der Waals surface area contributed by atoms with E-state index in [1.807, 2.05) is 0 Å². The number of rotatable bonds is 4. The zero-order valence-corrected chi connectivity index (χ0v) is 11.3. The highest BCUT2D eigenvalue weighted by Crippen LogP contribution is 2.32. The molecule has 1 fully saturated rings. The minimum Gasteiger partial charge on any atom is -0.274 e. The van der Waals surface area contributed by atoms with E-state index < -0.39 is 10.0 Å². The summed E-state index contributed by atoms with van der Waals surface area (Å²) in [4.78, 5) is 11.9. The standard InChI is InChI=1S/C12H21NO3S/c1-4-5-17(15,16)13-12(14)11-7-9(2)6-10(3)8-11/h4,9-11H,1,5-8H2,2-3H3,(H,13,14)/t9-,10-/m1/s1. The van der Waals surface area contributed by atoms with Gasteiger partial charge in [-0.2, -0.15) is 0 Å². The number of hydrogen-bond acceptors (Lipinski definition) is 3. The Kier molecular flexibility index (Phi) is 4.74. The predicted molar refractivity (Wildman–Crippen MR) is 67.8 cm³/mol. The third kappa shape index (κ3) is 4.50. The minimum absolute atomic E-state index is 0.173. The van der Waals surface area contributed by atoms with Gasteiger partial charge in [0.15, 0.2) is 0 Å². The van der Waals surface area contributed by atoms with Gasteiger partial charge in [0.25, 0.3) is 0 Å². The smallest absolute Gasteiger partial charge is 0.238 e. The first-order chi connectivity index (χ1) is 7.84. The summed E-state index contributed by atoms with van der Waals surface area (Å²) in [7, 11) is -3.53. The number of carbonyl (C=O) groups is 1. The van der Waals surface area contributed by atoms with E-state index in [0.717, 1.165) is 19.3 Å². The Morgan fingerprint density at radius 1 is 1.29 bits per heavy atom. The number of amides is 1. The molecule has 0 aromatic heterocycles. The lowest BCUT2D eigenvalue weighted by molar-refractivity contribution is -0.125. The van der Waals surface area contributed by atoms with E-state index >= 15 is 0 Å². The van der Waals surface area contributed by atoms with Crippen LogP contribution in [0.15, 0.2) is 12.7 Å². The molecule has 0 bridgehead atoms. The lowest BCUT2D eigenvalue weighted by Gasteiger charge is -2.30. The third-order valence-corrected chi connectivity index (χ3v) is 4.33. The van der Waals surface area contributed by atoms with E-state index in [0.29, 0.717) is 11.8 Å². The Labute approximate surface area is 104 Å². The van der Waals surface area contributed by atoms with E-state index in [9.17, 15) is 13.2 Å². The van der Waals surface area contributed by atoms with Crippen LogP contribution >= 0.6 is 0 Å². The average Bonchev–Trinajstić information content (AvgIpc) is 2.14. The van der Waals surface area contributed by atoms with Gasteiger partial charge in [0, 0.05) is 5.92 Å². The SMILES string of the molecule is C=CCS(=O)(=O)NC(=O)C1C[C@H](C)C[C@@H](C)C1. The van der Waals surface area contributed by atoms with Crippen LogP contribution in [0, 0.1) is 17.8 Å². The Morgan fingerprint density at radius 2 is 1.82 bits per heavy atom. The molecular weight excluding hydrogens is 238 g/mol. The molecule has 0 radical (unpaired) electrons. The maximum absolute atomic E-state index is 11.9. The van der Waals surface area contributed by atoms with Gasteiger partial charge in [0.05, 0.1) is 5.75 Å². The van der Waals surface area contributed by atoms with Crippen molar-refractivity contribution in [2.75, 3.05) is 5.75 Å². The Balaban J connectivity index is 2.61. The van der Waals surface area contributed by atoms with Gasteiger partial charge in [-0.25, -0.2) is 8.42 Å². The summed E-state index contributed by atoms with van der Waals surface area (Å²) in [6.07, 6.45) is 3.95. The van der Waals surface area contributed by atoms with Gasteiger partial charge in [-0.15, -0.1) is 6.58 Å². The van der Waals surface area contributed by atoms with Gasteiger partial charge in [-0.1, -0.05) is 19.9 Å². The van der Waals surface area contributed by atoms with Crippen molar-refractivity contribution in [1.82, 2.24) is 4.72 Å². The average molecular weight is 259 g/mol. The number of nitrogens with one attached hydrogen (secondary N) is 1.